The summed E-state index contributed by atoms with van der Waals surface area (Å²) in [7, 11) is 0. The average molecular weight is 454 g/mol. The fourth-order valence-electron chi connectivity index (χ4n) is 3.85. The number of aryl methyl sites for hydroxylation is 1. The number of amides is 1. The predicted molar refractivity (Wildman–Crippen MR) is 133 cm³/mol. The summed E-state index contributed by atoms with van der Waals surface area (Å²) in [6, 6.07) is 25.0. The van der Waals surface area contributed by atoms with Gasteiger partial charge in [-0.1, -0.05) is 60.2 Å². The zero-order chi connectivity index (χ0) is 24.1. The monoisotopic (exact) mass is 453 g/mol. The van der Waals surface area contributed by atoms with Crippen LogP contribution in [0, 0.1) is 6.92 Å². The van der Waals surface area contributed by atoms with Gasteiger partial charge in [0.25, 0.3) is 5.91 Å². The molecule has 172 valence electrons. The lowest BCUT2D eigenvalue weighted by atomic mass is 10.0. The van der Waals surface area contributed by atoms with Gasteiger partial charge < -0.3 is 9.47 Å². The first-order valence-corrected chi connectivity index (χ1v) is 11.3. The lowest BCUT2D eigenvalue weighted by Crippen LogP contribution is -2.24. The number of benzene rings is 3. The molecule has 0 N–H and O–H groups in total. The predicted octanol–water partition coefficient (Wildman–Crippen LogP) is 5.84. The standard InChI is InChI=1S/C29H27NO4/c1-4-33-29(32)27-21(3)30(24-14-10-20(2)11-15-24)28(31)26(27)18-22-12-16-25(17-13-22)34-19-23-8-6-5-7-9-23/h5-18H,4,19H2,1-3H3/b26-18-. The van der Waals surface area contributed by atoms with Crippen LogP contribution >= 0.6 is 0 Å². The minimum Gasteiger partial charge on any atom is -0.489 e. The third-order valence-corrected chi connectivity index (χ3v) is 5.61. The van der Waals surface area contributed by atoms with Gasteiger partial charge in [-0.3, -0.25) is 9.69 Å². The molecule has 1 heterocycles. The van der Waals surface area contributed by atoms with Crippen molar-refractivity contribution in [2.75, 3.05) is 11.5 Å². The van der Waals surface area contributed by atoms with Gasteiger partial charge in [0.05, 0.1) is 17.8 Å². The molecule has 0 bridgehead atoms. The molecule has 0 fully saturated rings. The van der Waals surface area contributed by atoms with E-state index >= 15 is 0 Å². The summed E-state index contributed by atoms with van der Waals surface area (Å²) in [5.74, 6) is -0.0341. The third-order valence-electron chi connectivity index (χ3n) is 5.61. The van der Waals surface area contributed by atoms with Crippen LogP contribution in [0.25, 0.3) is 6.08 Å². The molecular weight excluding hydrogens is 426 g/mol. The summed E-state index contributed by atoms with van der Waals surface area (Å²) in [5.41, 5.74) is 4.83. The second kappa shape index (κ2) is 10.2. The van der Waals surface area contributed by atoms with E-state index in [9.17, 15) is 9.59 Å². The van der Waals surface area contributed by atoms with Crippen LogP contribution in [0.1, 0.15) is 30.5 Å². The van der Waals surface area contributed by atoms with E-state index in [0.717, 1.165) is 22.4 Å². The molecule has 0 unspecified atom stereocenters. The Kier molecular flexibility index (Phi) is 6.93. The Balaban J connectivity index is 1.61. The number of carbonyl (C=O) groups excluding carboxylic acids is 2. The second-order valence-electron chi connectivity index (χ2n) is 8.06. The van der Waals surface area contributed by atoms with Crippen molar-refractivity contribution in [1.29, 1.82) is 0 Å². The van der Waals surface area contributed by atoms with Crippen LogP contribution in [0.3, 0.4) is 0 Å². The molecule has 0 saturated heterocycles. The molecule has 0 spiro atoms. The van der Waals surface area contributed by atoms with E-state index in [4.69, 9.17) is 9.47 Å². The number of hydrogen-bond acceptors (Lipinski definition) is 4. The molecule has 1 amide bonds. The van der Waals surface area contributed by atoms with E-state index in [2.05, 4.69) is 0 Å². The number of ether oxygens (including phenoxy) is 2. The Morgan fingerprint density at radius 2 is 1.59 bits per heavy atom. The molecule has 0 atom stereocenters. The smallest absolute Gasteiger partial charge is 0.340 e. The summed E-state index contributed by atoms with van der Waals surface area (Å²) >= 11 is 0. The van der Waals surface area contributed by atoms with Gasteiger partial charge in [0.1, 0.15) is 12.4 Å². The normalized spacial score (nSPS) is 14.6. The Hall–Kier alpha value is -4.12. The van der Waals surface area contributed by atoms with Gasteiger partial charge in [-0.2, -0.15) is 0 Å². The first kappa shape index (κ1) is 23.1. The quantitative estimate of drug-likeness (QED) is 0.333. The number of anilines is 1. The van der Waals surface area contributed by atoms with Crippen molar-refractivity contribution in [3.63, 3.8) is 0 Å². The number of hydrogen-bond donors (Lipinski definition) is 0. The van der Waals surface area contributed by atoms with Crippen molar-refractivity contribution in [2.24, 2.45) is 0 Å². The van der Waals surface area contributed by atoms with Crippen LogP contribution < -0.4 is 9.64 Å². The first-order valence-electron chi connectivity index (χ1n) is 11.3. The van der Waals surface area contributed by atoms with Crippen molar-refractivity contribution in [2.45, 2.75) is 27.4 Å². The highest BCUT2D eigenvalue weighted by Gasteiger charge is 2.38. The minimum atomic E-state index is -0.503. The topological polar surface area (TPSA) is 55.8 Å². The van der Waals surface area contributed by atoms with Gasteiger partial charge in [0.2, 0.25) is 0 Å². The lowest BCUT2D eigenvalue weighted by Gasteiger charge is -2.18. The number of rotatable bonds is 7. The highest BCUT2D eigenvalue weighted by Crippen LogP contribution is 2.35. The molecule has 0 aromatic heterocycles. The highest BCUT2D eigenvalue weighted by molar-refractivity contribution is 6.23. The van der Waals surface area contributed by atoms with Crippen molar-refractivity contribution in [1.82, 2.24) is 0 Å². The van der Waals surface area contributed by atoms with Crippen LogP contribution in [-0.4, -0.2) is 18.5 Å². The maximum Gasteiger partial charge on any atom is 0.340 e. The maximum atomic E-state index is 13.4. The third kappa shape index (κ3) is 4.94. The fourth-order valence-corrected chi connectivity index (χ4v) is 3.85. The molecule has 34 heavy (non-hydrogen) atoms. The maximum absolute atomic E-state index is 13.4. The number of nitrogens with zero attached hydrogens (tertiary/aromatic N) is 1. The van der Waals surface area contributed by atoms with E-state index in [-0.39, 0.29) is 18.1 Å². The van der Waals surface area contributed by atoms with E-state index in [1.807, 2.05) is 85.8 Å². The van der Waals surface area contributed by atoms with Crippen molar-refractivity contribution in [3.05, 3.63) is 112 Å². The van der Waals surface area contributed by atoms with Crippen molar-refractivity contribution in [3.8, 4) is 5.75 Å². The summed E-state index contributed by atoms with van der Waals surface area (Å²) in [5, 5.41) is 0. The summed E-state index contributed by atoms with van der Waals surface area (Å²) in [6.07, 6.45) is 1.73. The van der Waals surface area contributed by atoms with Gasteiger partial charge in [0, 0.05) is 11.4 Å². The summed E-state index contributed by atoms with van der Waals surface area (Å²) < 4.78 is 11.1. The number of carbonyl (C=O) groups is 2. The zero-order valence-electron chi connectivity index (χ0n) is 19.6. The molecule has 0 radical (unpaired) electrons. The van der Waals surface area contributed by atoms with Gasteiger partial charge in [-0.05, 0) is 62.2 Å². The molecule has 1 aliphatic heterocycles. The van der Waals surface area contributed by atoms with Crippen LogP contribution in [-0.2, 0) is 20.9 Å². The Morgan fingerprint density at radius 3 is 2.24 bits per heavy atom. The number of allylic oxidation sites excluding steroid dienone is 1. The van der Waals surface area contributed by atoms with Crippen molar-refractivity contribution < 1.29 is 19.1 Å². The van der Waals surface area contributed by atoms with E-state index in [1.54, 1.807) is 24.8 Å². The van der Waals surface area contributed by atoms with Crippen molar-refractivity contribution >= 4 is 23.6 Å². The van der Waals surface area contributed by atoms with Gasteiger partial charge in [-0.15, -0.1) is 0 Å². The largest absolute Gasteiger partial charge is 0.489 e. The van der Waals surface area contributed by atoms with Crippen LogP contribution in [0.15, 0.2) is 95.7 Å². The Bertz CT molecular complexity index is 1240. The van der Waals surface area contributed by atoms with Crippen LogP contribution in [0.5, 0.6) is 5.75 Å². The van der Waals surface area contributed by atoms with E-state index in [0.29, 0.717) is 23.6 Å². The number of esters is 1. The molecule has 0 saturated carbocycles. The highest BCUT2D eigenvalue weighted by atomic mass is 16.5. The van der Waals surface area contributed by atoms with E-state index in [1.165, 1.54) is 0 Å². The molecule has 1 aliphatic rings. The Morgan fingerprint density at radius 1 is 0.912 bits per heavy atom. The molecule has 3 aromatic carbocycles. The molecule has 3 aromatic rings. The summed E-state index contributed by atoms with van der Waals surface area (Å²) in [6.45, 7) is 6.21. The molecule has 5 heteroatoms. The van der Waals surface area contributed by atoms with Crippen LogP contribution in [0.2, 0.25) is 0 Å². The minimum absolute atomic E-state index is 0.231. The van der Waals surface area contributed by atoms with E-state index < -0.39 is 5.97 Å². The lowest BCUT2D eigenvalue weighted by molar-refractivity contribution is -0.138. The zero-order valence-corrected chi connectivity index (χ0v) is 19.6. The molecule has 0 aliphatic carbocycles. The molecule has 5 nitrogen and oxygen atoms in total. The fraction of sp³-hybridized carbons (Fsp3) is 0.172. The van der Waals surface area contributed by atoms with Gasteiger partial charge >= 0.3 is 5.97 Å². The Labute approximate surface area is 199 Å². The average Bonchev–Trinajstić information content (AvgIpc) is 3.09. The molecular formula is C29H27NO4. The molecule has 4 rings (SSSR count). The summed E-state index contributed by atoms with van der Waals surface area (Å²) in [4.78, 5) is 27.8. The second-order valence-corrected chi connectivity index (χ2v) is 8.06. The SMILES string of the molecule is CCOC(=O)C1=C(C)N(c2ccc(C)cc2)C(=O)/C1=C\c1ccc(OCc2ccccc2)cc1. The van der Waals surface area contributed by atoms with Crippen LogP contribution in [0.4, 0.5) is 5.69 Å². The first-order chi connectivity index (χ1) is 16.5. The van der Waals surface area contributed by atoms with Gasteiger partial charge in [-0.25, -0.2) is 4.79 Å². The van der Waals surface area contributed by atoms with Gasteiger partial charge in [0.15, 0.2) is 0 Å².